The lowest BCUT2D eigenvalue weighted by Crippen LogP contribution is -2.16. The zero-order valence-corrected chi connectivity index (χ0v) is 16.1. The van der Waals surface area contributed by atoms with E-state index in [2.05, 4.69) is 33.5 Å². The van der Waals surface area contributed by atoms with E-state index >= 15 is 0 Å². The molecule has 1 fully saturated rings. The predicted octanol–water partition coefficient (Wildman–Crippen LogP) is 4.19. The molecular weight excluding hydrogens is 358 g/mol. The standard InChI is InChI=1S/C20H21N5OS/c1-13(27-20-24-22-12-25(20)2)15-5-3-6-16(11-15)23-19(26)18-17(14-8-9-14)7-4-10-21-18/h3-7,10-14H,8-9H2,1-2H3,(H,23,26). The fourth-order valence-corrected chi connectivity index (χ4v) is 3.90. The summed E-state index contributed by atoms with van der Waals surface area (Å²) >= 11 is 1.63. The summed E-state index contributed by atoms with van der Waals surface area (Å²) in [6, 6.07) is 11.8. The van der Waals surface area contributed by atoms with E-state index in [4.69, 9.17) is 0 Å². The van der Waals surface area contributed by atoms with Crippen LogP contribution in [0.5, 0.6) is 0 Å². The molecule has 1 amide bonds. The zero-order valence-electron chi connectivity index (χ0n) is 15.3. The van der Waals surface area contributed by atoms with Gasteiger partial charge < -0.3 is 9.88 Å². The highest BCUT2D eigenvalue weighted by Gasteiger charge is 2.28. The third-order valence-electron chi connectivity index (χ3n) is 4.64. The Hall–Kier alpha value is -2.67. The van der Waals surface area contributed by atoms with Crippen molar-refractivity contribution >= 4 is 23.4 Å². The van der Waals surface area contributed by atoms with Gasteiger partial charge in [-0.25, -0.2) is 0 Å². The van der Waals surface area contributed by atoms with Gasteiger partial charge in [-0.3, -0.25) is 9.78 Å². The van der Waals surface area contributed by atoms with E-state index in [1.54, 1.807) is 24.3 Å². The molecule has 1 aliphatic rings. The predicted molar refractivity (Wildman–Crippen MR) is 106 cm³/mol. The van der Waals surface area contributed by atoms with Crippen molar-refractivity contribution in [1.29, 1.82) is 0 Å². The number of rotatable bonds is 6. The van der Waals surface area contributed by atoms with Gasteiger partial charge in [0, 0.05) is 24.2 Å². The average Bonchev–Trinajstić information content (AvgIpc) is 3.45. The number of amides is 1. The molecule has 1 atom stereocenters. The summed E-state index contributed by atoms with van der Waals surface area (Å²) in [4.78, 5) is 17.1. The van der Waals surface area contributed by atoms with Crippen LogP contribution in [0.25, 0.3) is 0 Å². The quantitative estimate of drug-likeness (QED) is 0.650. The van der Waals surface area contributed by atoms with Gasteiger partial charge in [0.25, 0.3) is 5.91 Å². The summed E-state index contributed by atoms with van der Waals surface area (Å²) < 4.78 is 1.90. The van der Waals surface area contributed by atoms with Crippen LogP contribution >= 0.6 is 11.8 Å². The number of aromatic nitrogens is 4. The lowest BCUT2D eigenvalue weighted by Gasteiger charge is -2.13. The molecule has 1 N–H and O–H groups in total. The first-order chi connectivity index (χ1) is 13.1. The van der Waals surface area contributed by atoms with E-state index in [0.29, 0.717) is 11.6 Å². The Morgan fingerprint density at radius 2 is 2.15 bits per heavy atom. The molecule has 0 aliphatic heterocycles. The molecule has 2 heterocycles. The number of hydrogen-bond acceptors (Lipinski definition) is 5. The van der Waals surface area contributed by atoms with Crippen LogP contribution in [0.3, 0.4) is 0 Å². The van der Waals surface area contributed by atoms with Crippen molar-refractivity contribution in [1.82, 2.24) is 19.7 Å². The lowest BCUT2D eigenvalue weighted by atomic mass is 10.1. The highest BCUT2D eigenvalue weighted by atomic mass is 32.2. The minimum Gasteiger partial charge on any atom is -0.321 e. The summed E-state index contributed by atoms with van der Waals surface area (Å²) in [6.45, 7) is 2.12. The van der Waals surface area contributed by atoms with Crippen LogP contribution in [0.1, 0.15) is 52.5 Å². The molecule has 1 aliphatic carbocycles. The van der Waals surface area contributed by atoms with Gasteiger partial charge in [0.1, 0.15) is 12.0 Å². The number of thioether (sulfide) groups is 1. The summed E-state index contributed by atoms with van der Waals surface area (Å²) in [6.07, 6.45) is 5.64. The van der Waals surface area contributed by atoms with Crippen molar-refractivity contribution in [2.24, 2.45) is 7.05 Å². The van der Waals surface area contributed by atoms with Gasteiger partial charge in [0.05, 0.1) is 0 Å². The van der Waals surface area contributed by atoms with Gasteiger partial charge in [0.2, 0.25) is 0 Å². The first kappa shape index (κ1) is 17.7. The smallest absolute Gasteiger partial charge is 0.274 e. The Balaban J connectivity index is 1.49. The Morgan fingerprint density at radius 1 is 1.30 bits per heavy atom. The van der Waals surface area contributed by atoms with Crippen molar-refractivity contribution in [2.45, 2.75) is 36.1 Å². The van der Waals surface area contributed by atoms with Crippen LogP contribution < -0.4 is 5.32 Å². The number of benzene rings is 1. The van der Waals surface area contributed by atoms with E-state index in [1.165, 1.54) is 0 Å². The third-order valence-corrected chi connectivity index (χ3v) is 5.84. The van der Waals surface area contributed by atoms with Gasteiger partial charge in [-0.15, -0.1) is 10.2 Å². The molecule has 138 valence electrons. The second-order valence-corrected chi connectivity index (χ2v) is 8.09. The van der Waals surface area contributed by atoms with Crippen LogP contribution in [0.2, 0.25) is 0 Å². The molecule has 27 heavy (non-hydrogen) atoms. The molecule has 0 bridgehead atoms. The van der Waals surface area contributed by atoms with Crippen molar-refractivity contribution in [2.75, 3.05) is 5.32 Å². The van der Waals surface area contributed by atoms with Crippen molar-refractivity contribution in [3.05, 3.63) is 65.7 Å². The van der Waals surface area contributed by atoms with Gasteiger partial charge in [-0.05, 0) is 55.0 Å². The Kier molecular flexibility index (Phi) is 4.94. The van der Waals surface area contributed by atoms with E-state index in [9.17, 15) is 4.79 Å². The normalized spacial score (nSPS) is 14.7. The molecule has 3 aromatic rings. The summed E-state index contributed by atoms with van der Waals surface area (Å²) in [5, 5.41) is 12.1. The fraction of sp³-hybridized carbons (Fsp3) is 0.300. The maximum atomic E-state index is 12.7. The number of anilines is 1. The summed E-state index contributed by atoms with van der Waals surface area (Å²) in [5.74, 6) is 0.330. The molecule has 0 radical (unpaired) electrons. The molecule has 1 unspecified atom stereocenters. The molecule has 7 heteroatoms. The summed E-state index contributed by atoms with van der Waals surface area (Å²) in [5.41, 5.74) is 3.48. The second kappa shape index (κ2) is 7.52. The van der Waals surface area contributed by atoms with E-state index in [-0.39, 0.29) is 11.2 Å². The van der Waals surface area contributed by atoms with Gasteiger partial charge in [-0.2, -0.15) is 0 Å². The molecular formula is C20H21N5OS. The molecule has 0 saturated heterocycles. The Morgan fingerprint density at radius 3 is 2.89 bits per heavy atom. The number of aryl methyl sites for hydroxylation is 1. The van der Waals surface area contributed by atoms with Crippen molar-refractivity contribution in [3.8, 4) is 0 Å². The van der Waals surface area contributed by atoms with Crippen molar-refractivity contribution < 1.29 is 4.79 Å². The van der Waals surface area contributed by atoms with Gasteiger partial charge in [0.15, 0.2) is 5.16 Å². The molecule has 0 spiro atoms. The monoisotopic (exact) mass is 379 g/mol. The summed E-state index contributed by atoms with van der Waals surface area (Å²) in [7, 11) is 1.93. The van der Waals surface area contributed by atoms with Gasteiger partial charge in [-0.1, -0.05) is 30.0 Å². The molecule has 1 saturated carbocycles. The number of nitrogens with zero attached hydrogens (tertiary/aromatic N) is 4. The maximum Gasteiger partial charge on any atom is 0.274 e. The van der Waals surface area contributed by atoms with Gasteiger partial charge >= 0.3 is 0 Å². The van der Waals surface area contributed by atoms with Crippen LogP contribution in [0.4, 0.5) is 5.69 Å². The van der Waals surface area contributed by atoms with E-state index in [1.807, 2.05) is 41.9 Å². The van der Waals surface area contributed by atoms with Crippen LogP contribution in [0.15, 0.2) is 54.1 Å². The second-order valence-electron chi connectivity index (χ2n) is 6.78. The topological polar surface area (TPSA) is 72.7 Å². The number of nitrogens with one attached hydrogen (secondary N) is 1. The highest BCUT2D eigenvalue weighted by molar-refractivity contribution is 7.99. The van der Waals surface area contributed by atoms with E-state index < -0.39 is 0 Å². The number of carbonyl (C=O) groups is 1. The number of pyridine rings is 1. The van der Waals surface area contributed by atoms with Crippen LogP contribution in [0, 0.1) is 0 Å². The van der Waals surface area contributed by atoms with Crippen LogP contribution in [-0.4, -0.2) is 25.7 Å². The largest absolute Gasteiger partial charge is 0.321 e. The highest BCUT2D eigenvalue weighted by Crippen LogP contribution is 2.41. The van der Waals surface area contributed by atoms with Crippen LogP contribution in [-0.2, 0) is 7.05 Å². The minimum absolute atomic E-state index is 0.150. The molecule has 2 aromatic heterocycles. The number of hydrogen-bond donors (Lipinski definition) is 1. The molecule has 1 aromatic carbocycles. The molecule has 4 rings (SSSR count). The minimum atomic E-state index is -0.150. The first-order valence-corrected chi connectivity index (χ1v) is 9.86. The maximum absolute atomic E-state index is 12.7. The Labute approximate surface area is 162 Å². The fourth-order valence-electron chi connectivity index (χ4n) is 3.00. The van der Waals surface area contributed by atoms with Crippen molar-refractivity contribution in [3.63, 3.8) is 0 Å². The number of carbonyl (C=O) groups excluding carboxylic acids is 1. The third kappa shape index (κ3) is 4.03. The first-order valence-electron chi connectivity index (χ1n) is 8.98. The van der Waals surface area contributed by atoms with E-state index in [0.717, 1.165) is 34.8 Å². The molecule has 6 nitrogen and oxygen atoms in total. The zero-order chi connectivity index (χ0) is 18.8. The Bertz CT molecular complexity index is 966. The lowest BCUT2D eigenvalue weighted by molar-refractivity contribution is 0.102. The SMILES string of the molecule is CC(Sc1nncn1C)c1cccc(NC(=O)c2ncccc2C2CC2)c1. The average molecular weight is 379 g/mol.